The molecule has 2 aromatic carbocycles. The number of nitrogens with one attached hydrogen (secondary N) is 2. The van der Waals surface area contributed by atoms with Crippen LogP contribution in [0.3, 0.4) is 0 Å². The van der Waals surface area contributed by atoms with Gasteiger partial charge in [-0.25, -0.2) is 4.98 Å². The molecule has 1 aliphatic heterocycles. The van der Waals surface area contributed by atoms with E-state index >= 15 is 0 Å². The van der Waals surface area contributed by atoms with Crippen LogP contribution in [0.1, 0.15) is 30.9 Å². The van der Waals surface area contributed by atoms with Gasteiger partial charge in [0.05, 0.1) is 35.4 Å². The average molecular weight is 478 g/mol. The molecule has 1 aliphatic rings. The monoisotopic (exact) mass is 477 g/mol. The lowest BCUT2D eigenvalue weighted by molar-refractivity contribution is 0.206. The molecule has 3 heterocycles. The minimum Gasteiger partial charge on any atom is -0.385 e. The second kappa shape index (κ2) is 10.3. The molecule has 1 saturated heterocycles. The highest BCUT2D eigenvalue weighted by molar-refractivity contribution is 6.00. The molecule has 0 bridgehead atoms. The van der Waals surface area contributed by atoms with Gasteiger partial charge >= 0.3 is 0 Å². The molecule has 182 valence electrons. The zero-order valence-electron chi connectivity index (χ0n) is 20.8. The van der Waals surface area contributed by atoms with Crippen LogP contribution in [0, 0.1) is 22.7 Å². The molecule has 0 spiro atoms. The number of hydrogen-bond donors (Lipinski definition) is 2. The third-order valence-electron chi connectivity index (χ3n) is 7.11. The van der Waals surface area contributed by atoms with Gasteiger partial charge in [0.2, 0.25) is 0 Å². The summed E-state index contributed by atoms with van der Waals surface area (Å²) in [5, 5.41) is 20.5. The van der Waals surface area contributed by atoms with Crippen molar-refractivity contribution in [1.82, 2.24) is 19.4 Å². The molecule has 0 saturated carbocycles. The molecule has 0 aliphatic carbocycles. The van der Waals surface area contributed by atoms with Crippen LogP contribution in [0.2, 0.25) is 0 Å². The first kappa shape index (κ1) is 23.7. The van der Waals surface area contributed by atoms with Crippen molar-refractivity contribution < 1.29 is 0 Å². The van der Waals surface area contributed by atoms with Crippen molar-refractivity contribution in [1.29, 1.82) is 10.7 Å². The molecule has 0 amide bonds. The van der Waals surface area contributed by atoms with E-state index < -0.39 is 0 Å². The fourth-order valence-corrected chi connectivity index (χ4v) is 5.08. The number of piperidine rings is 1. The lowest BCUT2D eigenvalue weighted by atomic mass is 9.95. The van der Waals surface area contributed by atoms with E-state index in [0.29, 0.717) is 11.5 Å². The van der Waals surface area contributed by atoms with Gasteiger partial charge in [0.25, 0.3) is 0 Å². The number of nitriles is 1. The van der Waals surface area contributed by atoms with E-state index in [2.05, 4.69) is 27.9 Å². The van der Waals surface area contributed by atoms with Crippen LogP contribution in [0.15, 0.2) is 55.0 Å². The quantitative estimate of drug-likeness (QED) is 0.347. The fraction of sp³-hybridized carbons (Fsp3) is 0.310. The average Bonchev–Trinajstić information content (AvgIpc) is 3.32. The Balaban J connectivity index is 1.63. The molecule has 1 fully saturated rings. The number of anilines is 1. The maximum absolute atomic E-state index is 9.30. The second-order valence-electron chi connectivity index (χ2n) is 9.53. The molecule has 4 aromatic rings. The topological polar surface area (TPSA) is 93.6 Å². The highest BCUT2D eigenvalue weighted by Crippen LogP contribution is 2.37. The number of nitrogens with zero attached hydrogens (tertiary/aromatic N) is 5. The van der Waals surface area contributed by atoms with E-state index in [0.717, 1.165) is 70.8 Å². The summed E-state index contributed by atoms with van der Waals surface area (Å²) in [6.07, 6.45) is 7.63. The number of rotatable bonds is 7. The van der Waals surface area contributed by atoms with Crippen molar-refractivity contribution in [3.05, 3.63) is 66.1 Å². The Hall–Kier alpha value is -4.02. The third-order valence-corrected chi connectivity index (χ3v) is 7.11. The number of aromatic nitrogens is 3. The van der Waals surface area contributed by atoms with Crippen molar-refractivity contribution >= 4 is 22.9 Å². The number of fused-ring (bicyclic) bond motifs is 1. The van der Waals surface area contributed by atoms with E-state index in [9.17, 15) is 5.26 Å². The molecule has 7 heteroatoms. The standard InChI is InChI=1S/C29H31N7/c1-3-32-25-9-8-23(14-24(25)16-31)28-27(22-6-4-20(15-30)5-7-22)29-26(17-33-28)36(19-34-29)18-21-10-12-35(2)13-11-21/h4-9,14,16-17,19,21,31-32H,3,10-13,18H2,1-2H3. The van der Waals surface area contributed by atoms with Crippen molar-refractivity contribution in [2.45, 2.75) is 26.3 Å². The molecule has 0 radical (unpaired) electrons. The van der Waals surface area contributed by atoms with Gasteiger partial charge in [0.15, 0.2) is 0 Å². The van der Waals surface area contributed by atoms with Crippen LogP contribution in [0.5, 0.6) is 0 Å². The normalized spacial score (nSPS) is 14.6. The Bertz CT molecular complexity index is 1420. The number of pyridine rings is 1. The summed E-state index contributed by atoms with van der Waals surface area (Å²) < 4.78 is 2.24. The summed E-state index contributed by atoms with van der Waals surface area (Å²) in [5.74, 6) is 0.630. The molecular weight excluding hydrogens is 446 g/mol. The van der Waals surface area contributed by atoms with Crippen LogP contribution in [0.4, 0.5) is 5.69 Å². The number of imidazole rings is 1. The highest BCUT2D eigenvalue weighted by atomic mass is 15.1. The zero-order valence-corrected chi connectivity index (χ0v) is 20.8. The minimum atomic E-state index is 0.620. The fourth-order valence-electron chi connectivity index (χ4n) is 5.08. The van der Waals surface area contributed by atoms with Gasteiger partial charge in [0.1, 0.15) is 5.52 Å². The molecule has 2 aromatic heterocycles. The predicted octanol–water partition coefficient (Wildman–Crippen LogP) is 5.41. The van der Waals surface area contributed by atoms with Crippen LogP contribution >= 0.6 is 0 Å². The van der Waals surface area contributed by atoms with Gasteiger partial charge < -0.3 is 20.2 Å². The smallest absolute Gasteiger partial charge is 0.100 e. The van der Waals surface area contributed by atoms with Crippen molar-refractivity contribution in [3.63, 3.8) is 0 Å². The highest BCUT2D eigenvalue weighted by Gasteiger charge is 2.21. The molecular formula is C29H31N7. The maximum atomic E-state index is 9.30. The molecule has 7 nitrogen and oxygen atoms in total. The lowest BCUT2D eigenvalue weighted by Gasteiger charge is -2.29. The van der Waals surface area contributed by atoms with Crippen molar-refractivity contribution in [3.8, 4) is 28.5 Å². The van der Waals surface area contributed by atoms with Crippen LogP contribution in [0.25, 0.3) is 33.4 Å². The first-order chi connectivity index (χ1) is 17.6. The number of hydrogen-bond acceptors (Lipinski definition) is 6. The Kier molecular flexibility index (Phi) is 6.79. The Labute approximate surface area is 211 Å². The molecule has 0 unspecified atom stereocenters. The number of likely N-dealkylation sites (tertiary alicyclic amines) is 1. The van der Waals surface area contributed by atoms with E-state index in [1.54, 1.807) is 0 Å². The zero-order chi connectivity index (χ0) is 25.1. The third kappa shape index (κ3) is 4.60. The maximum Gasteiger partial charge on any atom is 0.100 e. The second-order valence-corrected chi connectivity index (χ2v) is 9.53. The van der Waals surface area contributed by atoms with Crippen molar-refractivity contribution in [2.75, 3.05) is 32.0 Å². The van der Waals surface area contributed by atoms with Crippen LogP contribution < -0.4 is 5.32 Å². The molecule has 36 heavy (non-hydrogen) atoms. The van der Waals surface area contributed by atoms with Crippen LogP contribution in [-0.4, -0.2) is 52.3 Å². The van der Waals surface area contributed by atoms with Gasteiger partial charge in [-0.15, -0.1) is 0 Å². The Morgan fingerprint density at radius 3 is 2.56 bits per heavy atom. The predicted molar refractivity (Wildman–Crippen MR) is 145 cm³/mol. The van der Waals surface area contributed by atoms with Gasteiger partial charge in [-0.05, 0) is 75.6 Å². The minimum absolute atomic E-state index is 0.620. The number of benzene rings is 2. The summed E-state index contributed by atoms with van der Waals surface area (Å²) >= 11 is 0. The summed E-state index contributed by atoms with van der Waals surface area (Å²) in [6.45, 7) is 6.04. The first-order valence-electron chi connectivity index (χ1n) is 12.5. The van der Waals surface area contributed by atoms with Gasteiger partial charge in [-0.3, -0.25) is 4.98 Å². The summed E-state index contributed by atoms with van der Waals surface area (Å²) in [6, 6.07) is 15.9. The van der Waals surface area contributed by atoms with E-state index in [4.69, 9.17) is 15.4 Å². The van der Waals surface area contributed by atoms with E-state index in [-0.39, 0.29) is 0 Å². The molecule has 0 atom stereocenters. The van der Waals surface area contributed by atoms with Gasteiger partial charge in [0, 0.05) is 41.7 Å². The SMILES string of the molecule is CCNc1ccc(-c2ncc3c(ncn3CC3CCN(C)CC3)c2-c2ccc(C#N)cc2)cc1C=N. The lowest BCUT2D eigenvalue weighted by Crippen LogP contribution is -2.31. The van der Waals surface area contributed by atoms with Gasteiger partial charge in [-0.2, -0.15) is 5.26 Å². The van der Waals surface area contributed by atoms with E-state index in [1.807, 2.05) is 61.9 Å². The molecule has 2 N–H and O–H groups in total. The van der Waals surface area contributed by atoms with E-state index in [1.165, 1.54) is 19.1 Å². The van der Waals surface area contributed by atoms with Crippen LogP contribution in [-0.2, 0) is 6.54 Å². The molecule has 5 rings (SSSR count). The summed E-state index contributed by atoms with van der Waals surface area (Å²) in [5.41, 5.74) is 7.97. The first-order valence-corrected chi connectivity index (χ1v) is 12.5. The van der Waals surface area contributed by atoms with Gasteiger partial charge in [-0.1, -0.05) is 18.2 Å². The largest absolute Gasteiger partial charge is 0.385 e. The Morgan fingerprint density at radius 1 is 1.11 bits per heavy atom. The van der Waals surface area contributed by atoms with Crippen molar-refractivity contribution in [2.24, 2.45) is 5.92 Å². The Morgan fingerprint density at radius 2 is 1.86 bits per heavy atom. The summed E-state index contributed by atoms with van der Waals surface area (Å²) in [7, 11) is 2.19. The summed E-state index contributed by atoms with van der Waals surface area (Å²) in [4.78, 5) is 12.2.